The zero-order valence-corrected chi connectivity index (χ0v) is 18.0. The molecule has 2 aromatic heterocycles. The molecule has 0 radical (unpaired) electrons. The number of carbonyl (C=O) groups is 1. The van der Waals surface area contributed by atoms with Gasteiger partial charge in [-0.25, -0.2) is 4.98 Å². The maximum Gasteiger partial charge on any atom is 0.223 e. The predicted octanol–water partition coefficient (Wildman–Crippen LogP) is 3.54. The standard InChI is InChI=1S/C23H27N5O3/c1-15(17-6-8-19(30-3)9-7-17)25-23(29)18-10-13-28(14-11-18)22-20(5-4-12-24-22)21-26-16(2)31-27-21/h4-9,12,15,18H,10-11,13-14H2,1-3H3,(H,25,29). The number of hydrogen-bond donors (Lipinski definition) is 1. The van der Waals surface area contributed by atoms with Gasteiger partial charge in [-0.1, -0.05) is 17.3 Å². The zero-order chi connectivity index (χ0) is 21.8. The van der Waals surface area contributed by atoms with Gasteiger partial charge in [0, 0.05) is 32.1 Å². The highest BCUT2D eigenvalue weighted by Gasteiger charge is 2.28. The number of benzene rings is 1. The molecular weight excluding hydrogens is 394 g/mol. The molecule has 8 nitrogen and oxygen atoms in total. The number of aromatic nitrogens is 3. The van der Waals surface area contributed by atoms with Crippen LogP contribution in [0.3, 0.4) is 0 Å². The summed E-state index contributed by atoms with van der Waals surface area (Å²) in [6.45, 7) is 5.26. The number of ether oxygens (including phenoxy) is 1. The number of amides is 1. The highest BCUT2D eigenvalue weighted by Crippen LogP contribution is 2.30. The van der Waals surface area contributed by atoms with Crippen molar-refractivity contribution in [2.45, 2.75) is 32.7 Å². The van der Waals surface area contributed by atoms with Crippen LogP contribution in [0.1, 0.15) is 37.3 Å². The summed E-state index contributed by atoms with van der Waals surface area (Å²) in [4.78, 5) is 23.9. The molecule has 0 saturated carbocycles. The minimum atomic E-state index is -0.0553. The summed E-state index contributed by atoms with van der Waals surface area (Å²) in [5, 5.41) is 7.18. The fraction of sp³-hybridized carbons (Fsp3) is 0.391. The summed E-state index contributed by atoms with van der Waals surface area (Å²) in [6.07, 6.45) is 3.30. The van der Waals surface area contributed by atoms with Crippen molar-refractivity contribution >= 4 is 11.7 Å². The van der Waals surface area contributed by atoms with Crippen LogP contribution in [-0.4, -0.2) is 41.2 Å². The first-order chi connectivity index (χ1) is 15.0. The first kappa shape index (κ1) is 20.8. The van der Waals surface area contributed by atoms with Gasteiger partial charge in [-0.15, -0.1) is 0 Å². The molecule has 1 aliphatic rings. The van der Waals surface area contributed by atoms with Crippen molar-refractivity contribution in [3.05, 3.63) is 54.0 Å². The predicted molar refractivity (Wildman–Crippen MR) is 117 cm³/mol. The van der Waals surface area contributed by atoms with Crippen LogP contribution in [0.25, 0.3) is 11.4 Å². The molecule has 0 spiro atoms. The van der Waals surface area contributed by atoms with Gasteiger partial charge in [0.25, 0.3) is 0 Å². The van der Waals surface area contributed by atoms with E-state index in [0.717, 1.165) is 48.6 Å². The van der Waals surface area contributed by atoms with Gasteiger partial charge >= 0.3 is 0 Å². The molecular formula is C23H27N5O3. The Labute approximate surface area is 181 Å². The minimum Gasteiger partial charge on any atom is -0.497 e. The lowest BCUT2D eigenvalue weighted by atomic mass is 9.95. The van der Waals surface area contributed by atoms with E-state index in [1.807, 2.05) is 43.3 Å². The van der Waals surface area contributed by atoms with Crippen LogP contribution in [0, 0.1) is 12.8 Å². The van der Waals surface area contributed by atoms with Gasteiger partial charge in [-0.05, 0) is 49.6 Å². The first-order valence-corrected chi connectivity index (χ1v) is 10.5. The summed E-state index contributed by atoms with van der Waals surface area (Å²) in [7, 11) is 1.64. The largest absolute Gasteiger partial charge is 0.497 e. The third-order valence-corrected chi connectivity index (χ3v) is 5.70. The molecule has 0 bridgehead atoms. The van der Waals surface area contributed by atoms with Gasteiger partial charge in [-0.3, -0.25) is 4.79 Å². The number of aryl methyl sites for hydroxylation is 1. The van der Waals surface area contributed by atoms with Crippen molar-refractivity contribution in [2.75, 3.05) is 25.1 Å². The fourth-order valence-electron chi connectivity index (χ4n) is 3.89. The number of pyridine rings is 1. The molecule has 3 heterocycles. The second-order valence-electron chi connectivity index (χ2n) is 7.78. The van der Waals surface area contributed by atoms with E-state index in [4.69, 9.17) is 9.26 Å². The molecule has 1 saturated heterocycles. The molecule has 4 rings (SSSR count). The summed E-state index contributed by atoms with van der Waals surface area (Å²) < 4.78 is 10.3. The second kappa shape index (κ2) is 9.16. The third-order valence-electron chi connectivity index (χ3n) is 5.70. The first-order valence-electron chi connectivity index (χ1n) is 10.5. The SMILES string of the molecule is COc1ccc(C(C)NC(=O)C2CCN(c3ncccc3-c3noc(C)n3)CC2)cc1. The quantitative estimate of drug-likeness (QED) is 0.651. The maximum absolute atomic E-state index is 12.8. The summed E-state index contributed by atoms with van der Waals surface area (Å²) in [5.74, 6) is 2.77. The van der Waals surface area contributed by atoms with Crippen LogP contribution in [0.15, 0.2) is 47.1 Å². The van der Waals surface area contributed by atoms with E-state index < -0.39 is 0 Å². The lowest BCUT2D eigenvalue weighted by Crippen LogP contribution is -2.41. The molecule has 1 unspecified atom stereocenters. The summed E-state index contributed by atoms with van der Waals surface area (Å²) >= 11 is 0. The van der Waals surface area contributed by atoms with Crippen LogP contribution in [0.2, 0.25) is 0 Å². The average molecular weight is 422 g/mol. The Morgan fingerprint density at radius 2 is 1.97 bits per heavy atom. The van der Waals surface area contributed by atoms with E-state index in [1.165, 1.54) is 0 Å². The van der Waals surface area contributed by atoms with Gasteiger partial charge in [-0.2, -0.15) is 4.98 Å². The monoisotopic (exact) mass is 421 g/mol. The highest BCUT2D eigenvalue weighted by molar-refractivity contribution is 5.79. The van der Waals surface area contributed by atoms with E-state index in [-0.39, 0.29) is 17.9 Å². The van der Waals surface area contributed by atoms with Crippen LogP contribution < -0.4 is 15.0 Å². The molecule has 1 fully saturated rings. The van der Waals surface area contributed by atoms with Crippen molar-refractivity contribution in [2.24, 2.45) is 5.92 Å². The van der Waals surface area contributed by atoms with Gasteiger partial charge in [0.15, 0.2) is 0 Å². The summed E-state index contributed by atoms with van der Waals surface area (Å²) in [6, 6.07) is 11.5. The zero-order valence-electron chi connectivity index (χ0n) is 18.0. The molecule has 3 aromatic rings. The van der Waals surface area contributed by atoms with Crippen molar-refractivity contribution in [3.8, 4) is 17.1 Å². The molecule has 1 aromatic carbocycles. The number of carbonyl (C=O) groups excluding carboxylic acids is 1. The van der Waals surface area contributed by atoms with E-state index in [1.54, 1.807) is 20.2 Å². The average Bonchev–Trinajstić information content (AvgIpc) is 3.25. The number of piperidine rings is 1. The van der Waals surface area contributed by atoms with Gasteiger partial charge < -0.3 is 19.5 Å². The number of anilines is 1. The van der Waals surface area contributed by atoms with E-state index in [2.05, 4.69) is 25.3 Å². The number of hydrogen-bond acceptors (Lipinski definition) is 7. The normalized spacial score (nSPS) is 15.5. The number of nitrogens with one attached hydrogen (secondary N) is 1. The Bertz CT molecular complexity index is 1030. The molecule has 1 atom stereocenters. The molecule has 1 N–H and O–H groups in total. The fourth-order valence-corrected chi connectivity index (χ4v) is 3.89. The molecule has 31 heavy (non-hydrogen) atoms. The van der Waals surface area contributed by atoms with Crippen LogP contribution in [-0.2, 0) is 4.79 Å². The Morgan fingerprint density at radius 3 is 2.61 bits per heavy atom. The molecule has 1 amide bonds. The van der Waals surface area contributed by atoms with Crippen molar-refractivity contribution < 1.29 is 14.1 Å². The van der Waals surface area contributed by atoms with E-state index in [9.17, 15) is 4.79 Å². The van der Waals surface area contributed by atoms with Crippen LogP contribution in [0.5, 0.6) is 5.75 Å². The summed E-state index contributed by atoms with van der Waals surface area (Å²) in [5.41, 5.74) is 1.90. The maximum atomic E-state index is 12.8. The Morgan fingerprint density at radius 1 is 1.23 bits per heavy atom. The Balaban J connectivity index is 1.37. The Kier molecular flexibility index (Phi) is 6.16. The highest BCUT2D eigenvalue weighted by atomic mass is 16.5. The lowest BCUT2D eigenvalue weighted by Gasteiger charge is -2.33. The van der Waals surface area contributed by atoms with Crippen LogP contribution >= 0.6 is 0 Å². The Hall–Kier alpha value is -3.42. The number of rotatable bonds is 6. The topological polar surface area (TPSA) is 93.4 Å². The van der Waals surface area contributed by atoms with E-state index in [0.29, 0.717) is 11.7 Å². The molecule has 1 aliphatic heterocycles. The van der Waals surface area contributed by atoms with Crippen molar-refractivity contribution in [3.63, 3.8) is 0 Å². The number of methoxy groups -OCH3 is 1. The van der Waals surface area contributed by atoms with Gasteiger partial charge in [0.1, 0.15) is 11.6 Å². The minimum absolute atomic E-state index is 0.0171. The lowest BCUT2D eigenvalue weighted by molar-refractivity contribution is -0.126. The molecule has 0 aliphatic carbocycles. The molecule has 8 heteroatoms. The van der Waals surface area contributed by atoms with Gasteiger partial charge in [0.2, 0.25) is 17.6 Å². The van der Waals surface area contributed by atoms with Crippen molar-refractivity contribution in [1.29, 1.82) is 0 Å². The third kappa shape index (κ3) is 4.68. The molecule has 162 valence electrons. The van der Waals surface area contributed by atoms with Crippen molar-refractivity contribution in [1.82, 2.24) is 20.4 Å². The van der Waals surface area contributed by atoms with Crippen LogP contribution in [0.4, 0.5) is 5.82 Å². The number of nitrogens with zero attached hydrogens (tertiary/aromatic N) is 4. The van der Waals surface area contributed by atoms with Gasteiger partial charge in [0.05, 0.1) is 18.7 Å². The second-order valence-corrected chi connectivity index (χ2v) is 7.78. The van der Waals surface area contributed by atoms with E-state index >= 15 is 0 Å². The smallest absolute Gasteiger partial charge is 0.223 e.